The molecule has 0 aromatic rings. The fourth-order valence-corrected chi connectivity index (χ4v) is 2.58. The van der Waals surface area contributed by atoms with Gasteiger partial charge in [0, 0.05) is 12.1 Å². The van der Waals surface area contributed by atoms with Gasteiger partial charge in [-0.3, -0.25) is 4.90 Å². The molecule has 0 bridgehead atoms. The first-order valence-corrected chi connectivity index (χ1v) is 5.62. The topological polar surface area (TPSA) is 29.3 Å². The number of likely N-dealkylation sites (tertiary alicyclic amines) is 1. The molecule has 1 fully saturated rings. The summed E-state index contributed by atoms with van der Waals surface area (Å²) in [5.74, 6) is 0.834. The highest BCUT2D eigenvalue weighted by atomic mass is 15.2. The van der Waals surface area contributed by atoms with E-state index in [2.05, 4.69) is 25.7 Å². The molecule has 0 radical (unpaired) electrons. The number of nitrogens with two attached hydrogens (primary N) is 1. The summed E-state index contributed by atoms with van der Waals surface area (Å²) >= 11 is 0. The second-order valence-electron chi connectivity index (χ2n) is 4.55. The Morgan fingerprint density at radius 2 is 2.15 bits per heavy atom. The zero-order chi connectivity index (χ0) is 9.84. The van der Waals surface area contributed by atoms with Crippen LogP contribution in [0.5, 0.6) is 0 Å². The van der Waals surface area contributed by atoms with E-state index >= 15 is 0 Å². The maximum atomic E-state index is 5.62. The molecule has 1 rings (SSSR count). The maximum absolute atomic E-state index is 5.62. The van der Waals surface area contributed by atoms with Crippen LogP contribution in [0.3, 0.4) is 0 Å². The van der Waals surface area contributed by atoms with Crippen molar-refractivity contribution in [2.75, 3.05) is 13.1 Å². The maximum Gasteiger partial charge on any atom is 0.00983 e. The number of piperidine rings is 1. The average molecular weight is 184 g/mol. The summed E-state index contributed by atoms with van der Waals surface area (Å²) in [6.07, 6.45) is 3.93. The Bertz CT molecular complexity index is 143. The molecule has 0 saturated carbocycles. The lowest BCUT2D eigenvalue weighted by molar-refractivity contribution is 0.0724. The highest BCUT2D eigenvalue weighted by molar-refractivity contribution is 4.82. The van der Waals surface area contributed by atoms with Gasteiger partial charge >= 0.3 is 0 Å². The molecule has 2 unspecified atom stereocenters. The summed E-state index contributed by atoms with van der Waals surface area (Å²) in [5.41, 5.74) is 5.62. The third kappa shape index (κ3) is 2.68. The minimum atomic E-state index is 0.690. The molecule has 0 aromatic heterocycles. The van der Waals surface area contributed by atoms with Crippen LogP contribution in [0.25, 0.3) is 0 Å². The van der Waals surface area contributed by atoms with Crippen molar-refractivity contribution in [3.63, 3.8) is 0 Å². The van der Waals surface area contributed by atoms with Gasteiger partial charge in [0.1, 0.15) is 0 Å². The Kier molecular flexibility index (Phi) is 4.20. The van der Waals surface area contributed by atoms with E-state index in [1.807, 2.05) is 0 Å². The van der Waals surface area contributed by atoms with Gasteiger partial charge in [-0.2, -0.15) is 0 Å². The van der Waals surface area contributed by atoms with E-state index in [1.54, 1.807) is 0 Å². The lowest BCUT2D eigenvalue weighted by atomic mass is 9.87. The van der Waals surface area contributed by atoms with Gasteiger partial charge in [-0.15, -0.1) is 0 Å². The van der Waals surface area contributed by atoms with E-state index in [1.165, 1.54) is 25.8 Å². The summed E-state index contributed by atoms with van der Waals surface area (Å²) in [6, 6.07) is 1.42. The minimum absolute atomic E-state index is 0.690. The molecule has 2 N–H and O–H groups in total. The Morgan fingerprint density at radius 3 is 2.69 bits per heavy atom. The van der Waals surface area contributed by atoms with Gasteiger partial charge in [0.15, 0.2) is 0 Å². The van der Waals surface area contributed by atoms with Crippen LogP contribution in [0.4, 0.5) is 0 Å². The second kappa shape index (κ2) is 4.97. The molecule has 1 heterocycles. The molecule has 2 atom stereocenters. The number of hydrogen-bond acceptors (Lipinski definition) is 2. The van der Waals surface area contributed by atoms with Gasteiger partial charge < -0.3 is 5.73 Å². The van der Waals surface area contributed by atoms with Crippen LogP contribution in [0.2, 0.25) is 0 Å². The van der Waals surface area contributed by atoms with Crippen LogP contribution in [-0.2, 0) is 0 Å². The Balaban J connectivity index is 2.49. The van der Waals surface area contributed by atoms with Crippen molar-refractivity contribution >= 4 is 0 Å². The van der Waals surface area contributed by atoms with E-state index in [0.29, 0.717) is 6.04 Å². The van der Waals surface area contributed by atoms with Crippen molar-refractivity contribution in [3.05, 3.63) is 0 Å². The molecule has 1 aliphatic heterocycles. The van der Waals surface area contributed by atoms with Crippen molar-refractivity contribution in [2.45, 2.75) is 52.1 Å². The first-order chi connectivity index (χ1) is 6.16. The Hall–Kier alpha value is -0.0800. The fourth-order valence-electron chi connectivity index (χ4n) is 2.58. The number of nitrogens with zero attached hydrogens (tertiary/aromatic N) is 1. The first-order valence-electron chi connectivity index (χ1n) is 5.62. The van der Waals surface area contributed by atoms with Crippen molar-refractivity contribution in [3.8, 4) is 0 Å². The number of rotatable bonds is 3. The van der Waals surface area contributed by atoms with E-state index in [0.717, 1.165) is 18.5 Å². The first kappa shape index (κ1) is 11.0. The molecule has 2 heteroatoms. The highest BCUT2D eigenvalue weighted by Crippen LogP contribution is 2.27. The van der Waals surface area contributed by atoms with Crippen LogP contribution in [-0.4, -0.2) is 30.1 Å². The predicted octanol–water partition coefficient (Wildman–Crippen LogP) is 1.84. The molecular weight excluding hydrogens is 160 g/mol. The molecule has 0 aliphatic carbocycles. The summed E-state index contributed by atoms with van der Waals surface area (Å²) in [7, 11) is 0. The average Bonchev–Trinajstić information content (AvgIpc) is 2.08. The summed E-state index contributed by atoms with van der Waals surface area (Å²) in [5, 5.41) is 0. The van der Waals surface area contributed by atoms with Gasteiger partial charge in [0.05, 0.1) is 0 Å². The Labute approximate surface area is 82.5 Å². The molecule has 1 aliphatic rings. The molecule has 0 amide bonds. The van der Waals surface area contributed by atoms with Crippen LogP contribution in [0.15, 0.2) is 0 Å². The van der Waals surface area contributed by atoms with Crippen molar-refractivity contribution < 1.29 is 0 Å². The zero-order valence-electron chi connectivity index (χ0n) is 9.29. The summed E-state index contributed by atoms with van der Waals surface area (Å²) in [6.45, 7) is 9.07. The predicted molar refractivity (Wildman–Crippen MR) is 57.7 cm³/mol. The molecule has 0 spiro atoms. The number of hydrogen-bond donors (Lipinski definition) is 1. The Morgan fingerprint density at radius 1 is 1.46 bits per heavy atom. The standard InChI is InChI=1S/C11H24N2/c1-9(2)13-8-4-5-11(6-7-12)10(13)3/h9-11H,4-8,12H2,1-3H3. The van der Waals surface area contributed by atoms with Crippen molar-refractivity contribution in [1.82, 2.24) is 4.90 Å². The molecule has 2 nitrogen and oxygen atoms in total. The monoisotopic (exact) mass is 184 g/mol. The van der Waals surface area contributed by atoms with E-state index in [4.69, 9.17) is 5.73 Å². The molecule has 1 saturated heterocycles. The van der Waals surface area contributed by atoms with Gasteiger partial charge in [-0.25, -0.2) is 0 Å². The third-order valence-corrected chi connectivity index (χ3v) is 3.40. The van der Waals surface area contributed by atoms with Crippen LogP contribution in [0, 0.1) is 5.92 Å². The summed E-state index contributed by atoms with van der Waals surface area (Å²) < 4.78 is 0. The highest BCUT2D eigenvalue weighted by Gasteiger charge is 2.28. The molecule has 78 valence electrons. The van der Waals surface area contributed by atoms with Crippen molar-refractivity contribution in [1.29, 1.82) is 0 Å². The van der Waals surface area contributed by atoms with Gasteiger partial charge in [-0.1, -0.05) is 0 Å². The fraction of sp³-hybridized carbons (Fsp3) is 1.00. The second-order valence-corrected chi connectivity index (χ2v) is 4.55. The molecular formula is C11H24N2. The SMILES string of the molecule is CC(C)N1CCCC(CCN)C1C. The van der Waals surface area contributed by atoms with Gasteiger partial charge in [-0.05, 0) is 59.0 Å². The van der Waals surface area contributed by atoms with E-state index in [9.17, 15) is 0 Å². The van der Waals surface area contributed by atoms with Gasteiger partial charge in [0.2, 0.25) is 0 Å². The normalized spacial score (nSPS) is 31.2. The van der Waals surface area contributed by atoms with Crippen molar-refractivity contribution in [2.24, 2.45) is 11.7 Å². The lowest BCUT2D eigenvalue weighted by Crippen LogP contribution is -2.47. The van der Waals surface area contributed by atoms with Gasteiger partial charge in [0.25, 0.3) is 0 Å². The quantitative estimate of drug-likeness (QED) is 0.725. The lowest BCUT2D eigenvalue weighted by Gasteiger charge is -2.41. The minimum Gasteiger partial charge on any atom is -0.330 e. The third-order valence-electron chi connectivity index (χ3n) is 3.40. The van der Waals surface area contributed by atoms with E-state index in [-0.39, 0.29) is 0 Å². The largest absolute Gasteiger partial charge is 0.330 e. The molecule has 0 aromatic carbocycles. The smallest absolute Gasteiger partial charge is 0.00983 e. The summed E-state index contributed by atoms with van der Waals surface area (Å²) in [4.78, 5) is 2.61. The van der Waals surface area contributed by atoms with Crippen LogP contribution < -0.4 is 5.73 Å². The van der Waals surface area contributed by atoms with Crippen LogP contribution in [0.1, 0.15) is 40.0 Å². The molecule has 13 heavy (non-hydrogen) atoms. The van der Waals surface area contributed by atoms with Crippen LogP contribution >= 0.6 is 0 Å². The zero-order valence-corrected chi connectivity index (χ0v) is 9.29. The van der Waals surface area contributed by atoms with E-state index < -0.39 is 0 Å².